The predicted molar refractivity (Wildman–Crippen MR) is 128 cm³/mol. The molecule has 1 aromatic heterocycles. The van der Waals surface area contributed by atoms with Gasteiger partial charge in [0.15, 0.2) is 6.10 Å². The van der Waals surface area contributed by atoms with Crippen LogP contribution in [-0.2, 0) is 14.4 Å². The Balaban J connectivity index is 1.39. The Morgan fingerprint density at radius 3 is 2.39 bits per heavy atom. The van der Waals surface area contributed by atoms with Crippen LogP contribution in [0, 0.1) is 5.92 Å². The lowest BCUT2D eigenvalue weighted by molar-refractivity contribution is -0.126. The lowest BCUT2D eigenvalue weighted by Gasteiger charge is -2.27. The number of imide groups is 1. The zero-order chi connectivity index (χ0) is 22.8. The van der Waals surface area contributed by atoms with Crippen molar-refractivity contribution in [1.29, 1.82) is 0 Å². The van der Waals surface area contributed by atoms with Gasteiger partial charge in [-0.15, -0.1) is 11.3 Å². The van der Waals surface area contributed by atoms with Crippen LogP contribution in [-0.4, -0.2) is 24.5 Å². The third kappa shape index (κ3) is 4.03. The van der Waals surface area contributed by atoms with Crippen LogP contribution in [0.15, 0.2) is 72.1 Å². The summed E-state index contributed by atoms with van der Waals surface area (Å²) in [4.78, 5) is 35.3. The zero-order valence-corrected chi connectivity index (χ0v) is 19.2. The van der Waals surface area contributed by atoms with Gasteiger partial charge in [0.1, 0.15) is 17.7 Å². The fourth-order valence-electron chi connectivity index (χ4n) is 4.45. The highest BCUT2D eigenvalue weighted by atomic mass is 32.1. The quantitative estimate of drug-likeness (QED) is 0.333. The maximum atomic E-state index is 13.6. The molecule has 3 atom stereocenters. The highest BCUT2D eigenvalue weighted by Gasteiger charge is 2.60. The van der Waals surface area contributed by atoms with Crippen LogP contribution in [0.3, 0.4) is 0 Å². The molecule has 2 amide bonds. The minimum Gasteiger partial charge on any atom is -0.494 e. The molecule has 5 rings (SSSR count). The molecule has 0 N–H and O–H groups in total. The van der Waals surface area contributed by atoms with Gasteiger partial charge in [0.05, 0.1) is 18.0 Å². The first kappa shape index (κ1) is 21.7. The Morgan fingerprint density at radius 1 is 0.909 bits per heavy atom. The van der Waals surface area contributed by atoms with Crippen molar-refractivity contribution in [3.05, 3.63) is 77.0 Å². The van der Waals surface area contributed by atoms with E-state index in [1.54, 1.807) is 28.5 Å². The van der Waals surface area contributed by atoms with Gasteiger partial charge in [-0.3, -0.25) is 14.4 Å². The number of hydrogen-bond acceptors (Lipinski definition) is 6. The summed E-state index contributed by atoms with van der Waals surface area (Å²) in [5, 5.41) is 3.70. The van der Waals surface area contributed by atoms with Gasteiger partial charge in [0.2, 0.25) is 5.91 Å². The summed E-state index contributed by atoms with van der Waals surface area (Å²) in [6.07, 6.45) is 2.42. The molecule has 0 radical (unpaired) electrons. The molecule has 3 heterocycles. The second kappa shape index (κ2) is 9.37. The Labute approximate surface area is 197 Å². The minimum atomic E-state index is -0.852. The molecule has 33 heavy (non-hydrogen) atoms. The van der Waals surface area contributed by atoms with Gasteiger partial charge in [-0.1, -0.05) is 44.0 Å². The van der Waals surface area contributed by atoms with Crippen LogP contribution in [0.25, 0.3) is 0 Å². The van der Waals surface area contributed by atoms with Gasteiger partial charge in [0, 0.05) is 4.88 Å². The molecule has 2 aliphatic rings. The van der Waals surface area contributed by atoms with Crippen molar-refractivity contribution in [1.82, 2.24) is 0 Å². The molecule has 0 unspecified atom stereocenters. The van der Waals surface area contributed by atoms with Crippen LogP contribution in [0.4, 0.5) is 11.4 Å². The SMILES string of the molecule is CCCCCOc1ccc(N2C(=O)[C@@H]3[C@H](ON(c4ccccc4)[C@H]3c3cccs3)C2=O)cc1. The van der Waals surface area contributed by atoms with Crippen molar-refractivity contribution >= 4 is 34.5 Å². The van der Waals surface area contributed by atoms with Crippen molar-refractivity contribution in [2.45, 2.75) is 38.3 Å². The third-order valence-electron chi connectivity index (χ3n) is 6.07. The monoisotopic (exact) mass is 462 g/mol. The highest BCUT2D eigenvalue weighted by molar-refractivity contribution is 7.10. The molecule has 0 aliphatic carbocycles. The lowest BCUT2D eigenvalue weighted by atomic mass is 9.95. The zero-order valence-electron chi connectivity index (χ0n) is 18.4. The second-order valence-corrected chi connectivity index (χ2v) is 9.21. The smallest absolute Gasteiger partial charge is 0.266 e. The van der Waals surface area contributed by atoms with Crippen LogP contribution < -0.4 is 14.7 Å². The van der Waals surface area contributed by atoms with E-state index in [1.807, 2.05) is 60.0 Å². The number of benzene rings is 2. The average Bonchev–Trinajstić information content (AvgIpc) is 3.55. The molecule has 7 heteroatoms. The minimum absolute atomic E-state index is 0.238. The Kier molecular flexibility index (Phi) is 6.15. The largest absolute Gasteiger partial charge is 0.494 e. The van der Waals surface area contributed by atoms with Gasteiger partial charge >= 0.3 is 0 Å². The molecule has 3 aromatic rings. The number of fused-ring (bicyclic) bond motifs is 1. The molecule has 2 fully saturated rings. The number of hydroxylamine groups is 1. The maximum absolute atomic E-state index is 13.6. The lowest BCUT2D eigenvalue weighted by Crippen LogP contribution is -2.37. The van der Waals surface area contributed by atoms with Gasteiger partial charge in [0.25, 0.3) is 5.91 Å². The molecule has 170 valence electrons. The topological polar surface area (TPSA) is 59.1 Å². The molecule has 0 saturated carbocycles. The summed E-state index contributed by atoms with van der Waals surface area (Å²) in [6.45, 7) is 2.81. The number of rotatable bonds is 8. The number of anilines is 2. The standard InChI is InChI=1S/C26H26N2O4S/c1-2-3-7-16-31-20-14-12-18(13-15-20)27-25(29)22-23(21-11-8-17-33-21)28(32-24(22)26(27)30)19-9-5-4-6-10-19/h4-6,8-15,17,22-24H,2-3,7,16H2,1H3/t22-,23-,24-/m0/s1. The number of carbonyl (C=O) groups excluding carboxylic acids is 2. The van der Waals surface area contributed by atoms with E-state index in [-0.39, 0.29) is 17.9 Å². The fourth-order valence-corrected chi connectivity index (χ4v) is 5.30. The van der Waals surface area contributed by atoms with E-state index in [4.69, 9.17) is 9.57 Å². The number of hydrogen-bond donors (Lipinski definition) is 0. The van der Waals surface area contributed by atoms with Crippen LogP contribution in [0.1, 0.15) is 37.1 Å². The summed E-state index contributed by atoms with van der Waals surface area (Å²) < 4.78 is 5.76. The van der Waals surface area contributed by atoms with Gasteiger partial charge in [-0.2, -0.15) is 0 Å². The summed E-state index contributed by atoms with van der Waals surface area (Å²) in [5.74, 6) is -0.446. The summed E-state index contributed by atoms with van der Waals surface area (Å²) in [7, 11) is 0. The number of thiophene rings is 1. The number of nitrogens with zero attached hydrogens (tertiary/aromatic N) is 2. The molecule has 6 nitrogen and oxygen atoms in total. The number of unbranched alkanes of at least 4 members (excludes halogenated alkanes) is 2. The molecule has 2 aliphatic heterocycles. The third-order valence-corrected chi connectivity index (χ3v) is 7.02. The maximum Gasteiger partial charge on any atom is 0.266 e. The van der Waals surface area contributed by atoms with Crippen molar-refractivity contribution < 1.29 is 19.2 Å². The Bertz CT molecular complexity index is 1100. The van der Waals surface area contributed by atoms with Gasteiger partial charge in [-0.25, -0.2) is 9.96 Å². The van der Waals surface area contributed by atoms with E-state index in [2.05, 4.69) is 6.92 Å². The first-order chi connectivity index (χ1) is 16.2. The molecular weight excluding hydrogens is 436 g/mol. The van der Waals surface area contributed by atoms with Crippen molar-refractivity contribution in [2.75, 3.05) is 16.6 Å². The predicted octanol–water partition coefficient (Wildman–Crippen LogP) is 5.37. The van der Waals surface area contributed by atoms with Gasteiger partial charge in [-0.05, 0) is 54.3 Å². The normalized spacial score (nSPS) is 22.2. The molecular formula is C26H26N2O4S. The van der Waals surface area contributed by atoms with E-state index in [1.165, 1.54) is 4.90 Å². The van der Waals surface area contributed by atoms with E-state index in [0.717, 1.165) is 35.6 Å². The first-order valence-electron chi connectivity index (χ1n) is 11.3. The average molecular weight is 463 g/mol. The van der Waals surface area contributed by atoms with E-state index >= 15 is 0 Å². The van der Waals surface area contributed by atoms with Crippen molar-refractivity contribution in [3.8, 4) is 5.75 Å². The van der Waals surface area contributed by atoms with Gasteiger partial charge < -0.3 is 4.74 Å². The van der Waals surface area contributed by atoms with Crippen LogP contribution in [0.5, 0.6) is 5.75 Å². The number of amides is 2. The molecule has 0 bridgehead atoms. The van der Waals surface area contributed by atoms with Crippen molar-refractivity contribution in [3.63, 3.8) is 0 Å². The number of ether oxygens (including phenoxy) is 1. The second-order valence-electron chi connectivity index (χ2n) is 8.23. The van der Waals surface area contributed by atoms with E-state index in [9.17, 15) is 9.59 Å². The summed E-state index contributed by atoms with van der Waals surface area (Å²) >= 11 is 1.56. The van der Waals surface area contributed by atoms with E-state index < -0.39 is 12.0 Å². The fraction of sp³-hybridized carbons (Fsp3) is 0.308. The Hall–Kier alpha value is -3.16. The molecule has 0 spiro atoms. The number of para-hydroxylation sites is 1. The van der Waals surface area contributed by atoms with Crippen LogP contribution in [0.2, 0.25) is 0 Å². The highest BCUT2D eigenvalue weighted by Crippen LogP contribution is 2.48. The van der Waals surface area contributed by atoms with Crippen LogP contribution >= 0.6 is 11.3 Å². The summed E-state index contributed by atoms with van der Waals surface area (Å²) in [6, 6.07) is 20.3. The first-order valence-corrected chi connectivity index (χ1v) is 12.2. The Morgan fingerprint density at radius 2 is 1.70 bits per heavy atom. The van der Waals surface area contributed by atoms with Crippen molar-refractivity contribution in [2.24, 2.45) is 5.92 Å². The summed E-state index contributed by atoms with van der Waals surface area (Å²) in [5.41, 5.74) is 1.36. The number of carbonyl (C=O) groups is 2. The molecule has 2 aromatic carbocycles. The van der Waals surface area contributed by atoms with E-state index in [0.29, 0.717) is 12.3 Å². The molecule has 2 saturated heterocycles.